The van der Waals surface area contributed by atoms with E-state index in [4.69, 9.17) is 0 Å². The van der Waals surface area contributed by atoms with E-state index in [1.54, 1.807) is 26.1 Å². The first-order valence-electron chi connectivity index (χ1n) is 5.77. The summed E-state index contributed by atoms with van der Waals surface area (Å²) in [5.41, 5.74) is 1.04. The standard InChI is InChI=1S/C13H18N2O3/c1-4-15(3)12(17)8-14-13(18)10-6-5-9(2)11(16)7-10/h5-7,16H,4,8H2,1-3H3,(H,14,18). The summed E-state index contributed by atoms with van der Waals surface area (Å²) in [6.45, 7) is 4.16. The SMILES string of the molecule is CCN(C)C(=O)CNC(=O)c1ccc(C)c(O)c1. The maximum atomic E-state index is 11.7. The highest BCUT2D eigenvalue weighted by Gasteiger charge is 2.11. The predicted molar refractivity (Wildman–Crippen MR) is 68.5 cm³/mol. The molecule has 98 valence electrons. The van der Waals surface area contributed by atoms with Crippen LogP contribution in [0.2, 0.25) is 0 Å². The van der Waals surface area contributed by atoms with Crippen molar-refractivity contribution in [1.82, 2.24) is 10.2 Å². The second-order valence-corrected chi connectivity index (χ2v) is 4.09. The molecule has 1 aromatic rings. The van der Waals surface area contributed by atoms with E-state index in [-0.39, 0.29) is 24.1 Å². The number of aromatic hydroxyl groups is 1. The Kier molecular flexibility index (Phi) is 4.71. The number of phenolic OH excluding ortho intramolecular Hbond substituents is 1. The van der Waals surface area contributed by atoms with Crippen LogP contribution in [0.15, 0.2) is 18.2 Å². The number of aryl methyl sites for hydroxylation is 1. The lowest BCUT2D eigenvalue weighted by Gasteiger charge is -2.14. The Morgan fingerprint density at radius 3 is 2.61 bits per heavy atom. The lowest BCUT2D eigenvalue weighted by molar-refractivity contribution is -0.128. The van der Waals surface area contributed by atoms with E-state index in [0.717, 1.165) is 0 Å². The summed E-state index contributed by atoms with van der Waals surface area (Å²) in [7, 11) is 1.67. The van der Waals surface area contributed by atoms with Gasteiger partial charge >= 0.3 is 0 Å². The van der Waals surface area contributed by atoms with Gasteiger partial charge in [0.2, 0.25) is 5.91 Å². The summed E-state index contributed by atoms with van der Waals surface area (Å²) in [6, 6.07) is 4.65. The van der Waals surface area contributed by atoms with Crippen LogP contribution in [0.4, 0.5) is 0 Å². The summed E-state index contributed by atoms with van der Waals surface area (Å²) in [5, 5.41) is 12.0. The number of nitrogens with zero attached hydrogens (tertiary/aromatic N) is 1. The van der Waals surface area contributed by atoms with Crippen LogP contribution in [0, 0.1) is 6.92 Å². The molecule has 0 aromatic heterocycles. The third kappa shape index (κ3) is 3.48. The molecule has 0 aliphatic carbocycles. The molecule has 0 heterocycles. The summed E-state index contributed by atoms with van der Waals surface area (Å²) < 4.78 is 0. The lowest BCUT2D eigenvalue weighted by Crippen LogP contribution is -2.37. The van der Waals surface area contributed by atoms with Gasteiger partial charge in [-0.25, -0.2) is 0 Å². The van der Waals surface area contributed by atoms with Crippen LogP contribution in [-0.4, -0.2) is 42.0 Å². The highest BCUT2D eigenvalue weighted by molar-refractivity contribution is 5.96. The first-order valence-corrected chi connectivity index (χ1v) is 5.77. The average molecular weight is 250 g/mol. The quantitative estimate of drug-likeness (QED) is 0.834. The molecule has 0 saturated heterocycles. The number of nitrogens with one attached hydrogen (secondary N) is 1. The topological polar surface area (TPSA) is 69.6 Å². The van der Waals surface area contributed by atoms with Gasteiger partial charge in [-0.1, -0.05) is 6.07 Å². The predicted octanol–water partition coefficient (Wildman–Crippen LogP) is 0.909. The smallest absolute Gasteiger partial charge is 0.251 e. The first kappa shape index (κ1) is 14.0. The van der Waals surface area contributed by atoms with Crippen LogP contribution in [-0.2, 0) is 4.79 Å². The van der Waals surface area contributed by atoms with Crippen molar-refractivity contribution in [2.24, 2.45) is 0 Å². The van der Waals surface area contributed by atoms with Gasteiger partial charge in [-0.15, -0.1) is 0 Å². The molecule has 2 amide bonds. The fraction of sp³-hybridized carbons (Fsp3) is 0.385. The number of likely N-dealkylation sites (N-methyl/N-ethyl adjacent to an activating group) is 1. The van der Waals surface area contributed by atoms with Gasteiger partial charge in [0, 0.05) is 19.2 Å². The Balaban J connectivity index is 2.60. The minimum atomic E-state index is -0.372. The molecule has 1 aromatic carbocycles. The zero-order valence-corrected chi connectivity index (χ0v) is 10.9. The molecule has 5 heteroatoms. The average Bonchev–Trinajstić information content (AvgIpc) is 2.37. The number of amides is 2. The largest absolute Gasteiger partial charge is 0.508 e. The fourth-order valence-electron chi connectivity index (χ4n) is 1.32. The fourth-order valence-corrected chi connectivity index (χ4v) is 1.32. The molecular weight excluding hydrogens is 232 g/mol. The Hall–Kier alpha value is -2.04. The monoisotopic (exact) mass is 250 g/mol. The first-order chi connectivity index (χ1) is 8.45. The van der Waals surface area contributed by atoms with Crippen LogP contribution in [0.1, 0.15) is 22.8 Å². The Morgan fingerprint density at radius 2 is 2.06 bits per heavy atom. The van der Waals surface area contributed by atoms with Crippen molar-refractivity contribution in [3.8, 4) is 5.75 Å². The maximum absolute atomic E-state index is 11.7. The van der Waals surface area contributed by atoms with Crippen LogP contribution in [0.5, 0.6) is 5.75 Å². The summed E-state index contributed by atoms with van der Waals surface area (Å²) >= 11 is 0. The highest BCUT2D eigenvalue weighted by Crippen LogP contribution is 2.17. The van der Waals surface area contributed by atoms with Gasteiger partial charge in [0.15, 0.2) is 0 Å². The van der Waals surface area contributed by atoms with Crippen LogP contribution in [0.3, 0.4) is 0 Å². The Labute approximate surface area is 106 Å². The molecule has 0 aliphatic heterocycles. The number of phenols is 1. The van der Waals surface area contributed by atoms with E-state index in [2.05, 4.69) is 5.32 Å². The van der Waals surface area contributed by atoms with Gasteiger partial charge in [0.1, 0.15) is 5.75 Å². The van der Waals surface area contributed by atoms with Crippen molar-refractivity contribution in [1.29, 1.82) is 0 Å². The third-order valence-electron chi connectivity index (χ3n) is 2.77. The molecule has 0 atom stereocenters. The highest BCUT2D eigenvalue weighted by atomic mass is 16.3. The number of carbonyl (C=O) groups excluding carboxylic acids is 2. The van der Waals surface area contributed by atoms with Crippen molar-refractivity contribution in [2.75, 3.05) is 20.1 Å². The third-order valence-corrected chi connectivity index (χ3v) is 2.77. The lowest BCUT2D eigenvalue weighted by atomic mass is 10.1. The van der Waals surface area contributed by atoms with E-state index in [9.17, 15) is 14.7 Å². The Bertz CT molecular complexity index is 458. The number of benzene rings is 1. The molecule has 0 aliphatic rings. The van der Waals surface area contributed by atoms with Crippen LogP contribution in [0.25, 0.3) is 0 Å². The normalized spacial score (nSPS) is 9.94. The summed E-state index contributed by atoms with van der Waals surface area (Å²) in [6.07, 6.45) is 0. The number of hydrogen-bond acceptors (Lipinski definition) is 3. The van der Waals surface area contributed by atoms with Gasteiger partial charge in [0.05, 0.1) is 6.54 Å². The molecule has 0 saturated carbocycles. The van der Waals surface area contributed by atoms with Crippen LogP contribution >= 0.6 is 0 Å². The molecular formula is C13H18N2O3. The minimum absolute atomic E-state index is 0.0438. The zero-order valence-electron chi connectivity index (χ0n) is 10.9. The van der Waals surface area contributed by atoms with Gasteiger partial charge in [-0.2, -0.15) is 0 Å². The summed E-state index contributed by atoms with van der Waals surface area (Å²) in [5.74, 6) is -0.454. The van der Waals surface area contributed by atoms with Crippen molar-refractivity contribution in [2.45, 2.75) is 13.8 Å². The number of carbonyl (C=O) groups is 2. The summed E-state index contributed by atoms with van der Waals surface area (Å²) in [4.78, 5) is 24.7. The van der Waals surface area contributed by atoms with E-state index in [1.165, 1.54) is 11.0 Å². The van der Waals surface area contributed by atoms with E-state index in [1.807, 2.05) is 6.92 Å². The molecule has 0 bridgehead atoms. The van der Waals surface area contributed by atoms with Crippen molar-refractivity contribution in [3.05, 3.63) is 29.3 Å². The van der Waals surface area contributed by atoms with Gasteiger partial charge in [0.25, 0.3) is 5.91 Å². The minimum Gasteiger partial charge on any atom is -0.508 e. The molecule has 2 N–H and O–H groups in total. The Morgan fingerprint density at radius 1 is 1.39 bits per heavy atom. The van der Waals surface area contributed by atoms with Crippen molar-refractivity contribution in [3.63, 3.8) is 0 Å². The van der Waals surface area contributed by atoms with Crippen molar-refractivity contribution >= 4 is 11.8 Å². The molecule has 0 spiro atoms. The molecule has 5 nitrogen and oxygen atoms in total. The molecule has 0 fully saturated rings. The number of rotatable bonds is 4. The van der Waals surface area contributed by atoms with Gasteiger partial charge in [-0.3, -0.25) is 9.59 Å². The van der Waals surface area contributed by atoms with E-state index in [0.29, 0.717) is 17.7 Å². The van der Waals surface area contributed by atoms with Gasteiger partial charge in [-0.05, 0) is 31.5 Å². The number of hydrogen-bond donors (Lipinski definition) is 2. The molecule has 1 rings (SSSR count). The zero-order chi connectivity index (χ0) is 13.7. The molecule has 0 radical (unpaired) electrons. The second-order valence-electron chi connectivity index (χ2n) is 4.09. The second kappa shape index (κ2) is 6.05. The van der Waals surface area contributed by atoms with Gasteiger partial charge < -0.3 is 15.3 Å². The van der Waals surface area contributed by atoms with Crippen LogP contribution < -0.4 is 5.32 Å². The maximum Gasteiger partial charge on any atom is 0.251 e. The van der Waals surface area contributed by atoms with E-state index < -0.39 is 0 Å². The van der Waals surface area contributed by atoms with Crippen molar-refractivity contribution < 1.29 is 14.7 Å². The molecule has 18 heavy (non-hydrogen) atoms. The van der Waals surface area contributed by atoms with E-state index >= 15 is 0 Å². The molecule has 0 unspecified atom stereocenters.